The van der Waals surface area contributed by atoms with Gasteiger partial charge in [-0.05, 0) is 35.1 Å². The molecule has 2 amide bonds. The Morgan fingerprint density at radius 1 is 0.917 bits per heavy atom. The van der Waals surface area contributed by atoms with Crippen LogP contribution in [0.25, 0.3) is 0 Å². The number of carbonyl (C=O) groups is 1. The molecule has 0 radical (unpaired) electrons. The van der Waals surface area contributed by atoms with Gasteiger partial charge >= 0.3 is 6.03 Å². The first-order chi connectivity index (χ1) is 17.1. The van der Waals surface area contributed by atoms with E-state index in [1.54, 1.807) is 0 Å². The second kappa shape index (κ2) is 10.7. The highest BCUT2D eigenvalue weighted by atomic mass is 16.7. The molecule has 0 spiro atoms. The summed E-state index contributed by atoms with van der Waals surface area (Å²) < 4.78 is 12.7. The van der Waals surface area contributed by atoms with Gasteiger partial charge in [0.1, 0.15) is 0 Å². The molecule has 1 fully saturated rings. The predicted octanol–water partition coefficient (Wildman–Crippen LogP) is 6.36. The summed E-state index contributed by atoms with van der Waals surface area (Å²) in [5.41, 5.74) is 5.13. The fraction of sp³-hybridized carbons (Fsp3) is 0.500. The van der Waals surface area contributed by atoms with Crippen LogP contribution in [0.3, 0.4) is 0 Å². The maximum Gasteiger partial charge on any atom is 0.319 e. The van der Waals surface area contributed by atoms with Crippen molar-refractivity contribution >= 4 is 17.4 Å². The largest absolute Gasteiger partial charge is 0.364 e. The highest BCUT2D eigenvalue weighted by Gasteiger charge is 2.42. The Morgan fingerprint density at radius 2 is 1.47 bits per heavy atom. The average molecular weight is 492 g/mol. The highest BCUT2D eigenvalue weighted by molar-refractivity contribution is 5.91. The number of nitrogens with zero attached hydrogens (tertiary/aromatic N) is 1. The zero-order valence-electron chi connectivity index (χ0n) is 22.6. The van der Waals surface area contributed by atoms with Crippen LogP contribution in [-0.2, 0) is 15.3 Å². The van der Waals surface area contributed by atoms with Crippen LogP contribution in [0.2, 0.25) is 0 Å². The molecule has 194 valence electrons. The van der Waals surface area contributed by atoms with Gasteiger partial charge in [-0.2, -0.15) is 0 Å². The Kier molecular flexibility index (Phi) is 7.76. The molecular weight excluding hydrogens is 450 g/mol. The monoisotopic (exact) mass is 491 g/mol. The minimum Gasteiger partial charge on any atom is -0.364 e. The SMILES string of the molecule is CC(C)c1cccc(C(C)C)c1NC(=O)NCC1(c2ccc(N3CC=CC3)cc2)OCC(C)(C)CO1. The number of hydrogen-bond donors (Lipinski definition) is 2. The molecule has 2 heterocycles. The maximum absolute atomic E-state index is 13.2. The number of hydrogen-bond acceptors (Lipinski definition) is 4. The van der Waals surface area contributed by atoms with Crippen LogP contribution in [0.4, 0.5) is 16.2 Å². The smallest absolute Gasteiger partial charge is 0.319 e. The molecule has 1 saturated heterocycles. The van der Waals surface area contributed by atoms with E-state index in [1.807, 2.05) is 0 Å². The van der Waals surface area contributed by atoms with E-state index in [0.717, 1.165) is 41.2 Å². The van der Waals surface area contributed by atoms with E-state index in [2.05, 4.69) is 112 Å². The van der Waals surface area contributed by atoms with Crippen molar-refractivity contribution in [2.24, 2.45) is 5.41 Å². The van der Waals surface area contributed by atoms with Crippen LogP contribution in [0, 0.1) is 5.41 Å². The van der Waals surface area contributed by atoms with Crippen molar-refractivity contribution in [1.29, 1.82) is 0 Å². The quantitative estimate of drug-likeness (QED) is 0.443. The lowest BCUT2D eigenvalue weighted by Gasteiger charge is -2.43. The third-order valence-corrected chi connectivity index (χ3v) is 6.98. The summed E-state index contributed by atoms with van der Waals surface area (Å²) >= 11 is 0. The lowest BCUT2D eigenvalue weighted by Crippen LogP contribution is -2.52. The van der Waals surface area contributed by atoms with Crippen LogP contribution < -0.4 is 15.5 Å². The summed E-state index contributed by atoms with van der Waals surface area (Å²) in [7, 11) is 0. The number of para-hydroxylation sites is 1. The number of ether oxygens (including phenoxy) is 2. The molecule has 2 aliphatic heterocycles. The van der Waals surface area contributed by atoms with Gasteiger partial charge in [-0.1, -0.05) is 84.0 Å². The zero-order chi connectivity index (χ0) is 25.9. The van der Waals surface area contributed by atoms with Gasteiger partial charge in [0.05, 0.1) is 19.8 Å². The third kappa shape index (κ3) is 5.76. The molecule has 2 aromatic rings. The fourth-order valence-corrected chi connectivity index (χ4v) is 4.74. The van der Waals surface area contributed by atoms with Gasteiger partial charge < -0.3 is 25.0 Å². The van der Waals surface area contributed by atoms with Crippen LogP contribution in [0.1, 0.15) is 70.1 Å². The Hall–Kier alpha value is -2.83. The molecule has 2 aliphatic rings. The Morgan fingerprint density at radius 3 is 2.00 bits per heavy atom. The topological polar surface area (TPSA) is 62.8 Å². The summed E-state index contributed by atoms with van der Waals surface area (Å²) in [6.07, 6.45) is 4.35. The van der Waals surface area contributed by atoms with Crippen molar-refractivity contribution < 1.29 is 14.3 Å². The van der Waals surface area contributed by atoms with Crippen molar-refractivity contribution in [3.63, 3.8) is 0 Å². The molecule has 6 heteroatoms. The summed E-state index contributed by atoms with van der Waals surface area (Å²) in [6, 6.07) is 14.3. The first kappa shape index (κ1) is 26.2. The Bertz CT molecular complexity index is 1040. The Labute approximate surface area is 216 Å². The number of anilines is 2. The molecule has 4 rings (SSSR count). The number of amides is 2. The van der Waals surface area contributed by atoms with E-state index in [1.165, 1.54) is 0 Å². The third-order valence-electron chi connectivity index (χ3n) is 6.98. The zero-order valence-corrected chi connectivity index (χ0v) is 22.6. The molecule has 36 heavy (non-hydrogen) atoms. The molecule has 2 N–H and O–H groups in total. The van der Waals surface area contributed by atoms with Crippen LogP contribution in [0.15, 0.2) is 54.6 Å². The molecule has 0 aromatic heterocycles. The molecular formula is C30H41N3O3. The summed E-state index contributed by atoms with van der Waals surface area (Å²) in [5.74, 6) is -0.448. The minimum absolute atomic E-state index is 0.0880. The van der Waals surface area contributed by atoms with Crippen molar-refractivity contribution in [3.8, 4) is 0 Å². The molecule has 0 aliphatic carbocycles. The standard InChI is InChI=1S/C30H41N3O3/c1-21(2)25-10-9-11-26(22(3)4)27(25)32-28(34)31-18-30(35-19-29(5,6)20-36-30)23-12-14-24(15-13-23)33-16-7-8-17-33/h7-15,21-22H,16-20H2,1-6H3,(H2,31,32,34). The molecule has 6 nitrogen and oxygen atoms in total. The number of benzene rings is 2. The minimum atomic E-state index is -1.03. The van der Waals surface area contributed by atoms with Gasteiger partial charge in [0.2, 0.25) is 5.79 Å². The first-order valence-electron chi connectivity index (χ1n) is 13.1. The maximum atomic E-state index is 13.2. The Balaban J connectivity index is 1.53. The van der Waals surface area contributed by atoms with Gasteiger partial charge in [-0.3, -0.25) is 0 Å². The normalized spacial score (nSPS) is 18.6. The van der Waals surface area contributed by atoms with E-state index < -0.39 is 5.79 Å². The summed E-state index contributed by atoms with van der Waals surface area (Å²) in [5, 5.41) is 6.19. The molecule has 0 bridgehead atoms. The highest BCUT2D eigenvalue weighted by Crippen LogP contribution is 2.37. The van der Waals surface area contributed by atoms with E-state index in [4.69, 9.17) is 9.47 Å². The second-order valence-electron chi connectivity index (χ2n) is 11.3. The molecule has 2 aromatic carbocycles. The average Bonchev–Trinajstić information content (AvgIpc) is 3.39. The number of urea groups is 1. The molecule has 0 atom stereocenters. The first-order valence-corrected chi connectivity index (χ1v) is 13.1. The van der Waals surface area contributed by atoms with Crippen molar-refractivity contribution in [2.45, 2.75) is 59.2 Å². The fourth-order valence-electron chi connectivity index (χ4n) is 4.74. The predicted molar refractivity (Wildman–Crippen MR) is 147 cm³/mol. The van der Waals surface area contributed by atoms with Crippen molar-refractivity contribution in [2.75, 3.05) is 43.1 Å². The summed E-state index contributed by atoms with van der Waals surface area (Å²) in [6.45, 7) is 16.0. The van der Waals surface area contributed by atoms with Gasteiger partial charge in [0, 0.05) is 35.4 Å². The number of carbonyl (C=O) groups excluding carboxylic acids is 1. The number of rotatable bonds is 7. The van der Waals surface area contributed by atoms with E-state index in [0.29, 0.717) is 25.0 Å². The van der Waals surface area contributed by atoms with Gasteiger partial charge in [-0.15, -0.1) is 0 Å². The molecule has 0 saturated carbocycles. The van der Waals surface area contributed by atoms with Crippen molar-refractivity contribution in [1.82, 2.24) is 5.32 Å². The number of nitrogens with one attached hydrogen (secondary N) is 2. The lowest BCUT2D eigenvalue weighted by molar-refractivity contribution is -0.303. The second-order valence-corrected chi connectivity index (χ2v) is 11.3. The van der Waals surface area contributed by atoms with Crippen molar-refractivity contribution in [3.05, 3.63) is 71.3 Å². The van der Waals surface area contributed by atoms with E-state index >= 15 is 0 Å². The van der Waals surface area contributed by atoms with Gasteiger partial charge in [0.25, 0.3) is 0 Å². The van der Waals surface area contributed by atoms with E-state index in [-0.39, 0.29) is 18.0 Å². The lowest BCUT2D eigenvalue weighted by atomic mass is 9.92. The van der Waals surface area contributed by atoms with Gasteiger partial charge in [0.15, 0.2) is 0 Å². The van der Waals surface area contributed by atoms with Gasteiger partial charge in [-0.25, -0.2) is 4.79 Å². The van der Waals surface area contributed by atoms with Crippen LogP contribution in [-0.4, -0.2) is 38.9 Å². The van der Waals surface area contributed by atoms with E-state index in [9.17, 15) is 4.79 Å². The summed E-state index contributed by atoms with van der Waals surface area (Å²) in [4.78, 5) is 15.5. The van der Waals surface area contributed by atoms with Crippen LogP contribution >= 0.6 is 0 Å². The van der Waals surface area contributed by atoms with Crippen LogP contribution in [0.5, 0.6) is 0 Å². The molecule has 0 unspecified atom stereocenters.